The quantitative estimate of drug-likeness (QED) is 0.662. The van der Waals surface area contributed by atoms with E-state index >= 15 is 0 Å². The van der Waals surface area contributed by atoms with Gasteiger partial charge >= 0.3 is 0 Å². The van der Waals surface area contributed by atoms with E-state index in [1.54, 1.807) is 6.92 Å². The highest BCUT2D eigenvalue weighted by atomic mass is 32.1. The van der Waals surface area contributed by atoms with Crippen LogP contribution in [0, 0.1) is 6.92 Å². The largest absolute Gasteiger partial charge is 0.435 e. The second kappa shape index (κ2) is 7.11. The van der Waals surface area contributed by atoms with Crippen LogP contribution in [-0.4, -0.2) is 21.8 Å². The summed E-state index contributed by atoms with van der Waals surface area (Å²) in [5, 5.41) is 8.12. The molecule has 0 spiro atoms. The van der Waals surface area contributed by atoms with Crippen LogP contribution in [0.4, 0.5) is 10.8 Å². The lowest BCUT2D eigenvalue weighted by Gasteiger charge is -2.21. The van der Waals surface area contributed by atoms with Crippen LogP contribution in [0.15, 0.2) is 28.0 Å². The van der Waals surface area contributed by atoms with E-state index < -0.39 is 0 Å². The molecule has 2 N–H and O–H groups in total. The normalized spacial score (nSPS) is 16.1. The fraction of sp³-hybridized carbons (Fsp3) is 0.333. The van der Waals surface area contributed by atoms with Gasteiger partial charge in [-0.2, -0.15) is 0 Å². The fourth-order valence-corrected chi connectivity index (χ4v) is 4.33. The molecule has 3 heterocycles. The number of aryl methyl sites for hydroxylation is 2. The summed E-state index contributed by atoms with van der Waals surface area (Å²) in [6, 6.07) is 5.87. The summed E-state index contributed by atoms with van der Waals surface area (Å²) < 4.78 is 5.73. The molecule has 8 heteroatoms. The number of carbonyl (C=O) groups excluding carboxylic acids is 2. The van der Waals surface area contributed by atoms with Crippen molar-refractivity contribution in [1.29, 1.82) is 0 Å². The number of hydrogen-bond donors (Lipinski definition) is 2. The van der Waals surface area contributed by atoms with Gasteiger partial charge in [-0.1, -0.05) is 12.5 Å². The van der Waals surface area contributed by atoms with Crippen LogP contribution in [0.5, 0.6) is 0 Å². The molecule has 2 aliphatic rings. The van der Waals surface area contributed by atoms with Gasteiger partial charge in [0.05, 0.1) is 11.4 Å². The minimum absolute atomic E-state index is 0.0482. The van der Waals surface area contributed by atoms with Crippen LogP contribution < -0.4 is 10.6 Å². The Hall–Kier alpha value is -3.00. The molecule has 0 unspecified atom stereocenters. The van der Waals surface area contributed by atoms with Gasteiger partial charge in [0.15, 0.2) is 11.0 Å². The molecule has 0 radical (unpaired) electrons. The number of carbonyl (C=O) groups is 2. The van der Waals surface area contributed by atoms with Gasteiger partial charge in [0.2, 0.25) is 11.7 Å². The molecule has 3 aromatic rings. The predicted octanol–water partition coefficient (Wildman–Crippen LogP) is 4.51. The van der Waals surface area contributed by atoms with E-state index in [0.717, 1.165) is 41.8 Å². The molecular weight excluding hydrogens is 388 g/mol. The van der Waals surface area contributed by atoms with Crippen LogP contribution >= 0.6 is 11.3 Å². The van der Waals surface area contributed by atoms with Crippen molar-refractivity contribution >= 4 is 34.0 Å². The van der Waals surface area contributed by atoms with E-state index in [4.69, 9.17) is 4.42 Å². The van der Waals surface area contributed by atoms with Crippen molar-refractivity contribution in [2.75, 3.05) is 10.6 Å². The molecule has 0 saturated heterocycles. The molecule has 148 valence electrons. The molecule has 2 amide bonds. The van der Waals surface area contributed by atoms with Crippen molar-refractivity contribution in [1.82, 2.24) is 9.97 Å². The summed E-state index contributed by atoms with van der Waals surface area (Å²) in [5.74, 6) is 0.991. The molecule has 7 nitrogen and oxygen atoms in total. The van der Waals surface area contributed by atoms with E-state index in [2.05, 4.69) is 20.6 Å². The highest BCUT2D eigenvalue weighted by Crippen LogP contribution is 2.36. The number of fused-ring (bicyclic) bond motifs is 1. The fourth-order valence-electron chi connectivity index (χ4n) is 3.62. The van der Waals surface area contributed by atoms with Gasteiger partial charge in [0, 0.05) is 29.0 Å². The van der Waals surface area contributed by atoms with Gasteiger partial charge in [-0.15, -0.1) is 11.3 Å². The molecule has 0 bridgehead atoms. The Morgan fingerprint density at radius 3 is 2.93 bits per heavy atom. The standard InChI is InChI=1S/C21H20N4O3S/c1-11-18(28-20(22-11)12-3-2-4-12)19(27)25-21-24-16(10-29-21)14-5-7-15-13(9-14)6-8-17(26)23-15/h5,7,9-10,12H,2-4,6,8H2,1H3,(H,23,26)(H,24,25,27). The molecule has 5 rings (SSSR count). The van der Waals surface area contributed by atoms with Crippen molar-refractivity contribution < 1.29 is 14.0 Å². The summed E-state index contributed by atoms with van der Waals surface area (Å²) >= 11 is 1.36. The Bertz CT molecular complexity index is 1110. The molecule has 1 aliphatic carbocycles. The average Bonchev–Trinajstić information content (AvgIpc) is 3.26. The zero-order valence-corrected chi connectivity index (χ0v) is 16.8. The zero-order valence-electron chi connectivity index (χ0n) is 15.9. The summed E-state index contributed by atoms with van der Waals surface area (Å²) in [6.45, 7) is 1.79. The van der Waals surface area contributed by atoms with Crippen molar-refractivity contribution in [3.05, 3.63) is 46.5 Å². The third-order valence-electron chi connectivity index (χ3n) is 5.49. The van der Waals surface area contributed by atoms with Crippen LogP contribution in [0.2, 0.25) is 0 Å². The minimum Gasteiger partial charge on any atom is -0.435 e. The summed E-state index contributed by atoms with van der Waals surface area (Å²) in [4.78, 5) is 33.1. The first kappa shape index (κ1) is 18.1. The molecule has 29 heavy (non-hydrogen) atoms. The topological polar surface area (TPSA) is 97.1 Å². The molecule has 1 aliphatic heterocycles. The third kappa shape index (κ3) is 3.44. The predicted molar refractivity (Wildman–Crippen MR) is 110 cm³/mol. The zero-order chi connectivity index (χ0) is 20.0. The van der Waals surface area contributed by atoms with Crippen molar-refractivity contribution in [3.63, 3.8) is 0 Å². The van der Waals surface area contributed by atoms with Crippen molar-refractivity contribution in [3.8, 4) is 11.3 Å². The summed E-state index contributed by atoms with van der Waals surface area (Å²) in [6.07, 6.45) is 4.54. The number of oxazole rings is 1. The highest BCUT2D eigenvalue weighted by molar-refractivity contribution is 7.14. The third-order valence-corrected chi connectivity index (χ3v) is 6.25. The Labute approximate surface area is 171 Å². The molecular formula is C21H20N4O3S. The molecule has 1 saturated carbocycles. The maximum Gasteiger partial charge on any atom is 0.295 e. The first-order valence-corrected chi connectivity index (χ1v) is 10.6. The number of aromatic nitrogens is 2. The van der Waals surface area contributed by atoms with Gasteiger partial charge in [-0.25, -0.2) is 9.97 Å². The van der Waals surface area contributed by atoms with Crippen LogP contribution in [-0.2, 0) is 11.2 Å². The first-order chi connectivity index (χ1) is 14.1. The average molecular weight is 408 g/mol. The second-order valence-corrected chi connectivity index (χ2v) is 8.36. The first-order valence-electron chi connectivity index (χ1n) is 9.74. The number of nitrogens with zero attached hydrogens (tertiary/aromatic N) is 2. The number of nitrogens with one attached hydrogen (secondary N) is 2. The number of thiazole rings is 1. The molecule has 1 aromatic carbocycles. The molecule has 2 aromatic heterocycles. The Balaban J connectivity index is 1.32. The highest BCUT2D eigenvalue weighted by Gasteiger charge is 2.27. The van der Waals surface area contributed by atoms with Crippen molar-refractivity contribution in [2.45, 2.75) is 44.9 Å². The van der Waals surface area contributed by atoms with E-state index in [1.807, 2.05) is 23.6 Å². The van der Waals surface area contributed by atoms with E-state index in [1.165, 1.54) is 17.8 Å². The second-order valence-electron chi connectivity index (χ2n) is 7.51. The van der Waals surface area contributed by atoms with Crippen LogP contribution in [0.3, 0.4) is 0 Å². The van der Waals surface area contributed by atoms with E-state index in [-0.39, 0.29) is 17.6 Å². The van der Waals surface area contributed by atoms with Crippen molar-refractivity contribution in [2.24, 2.45) is 0 Å². The SMILES string of the molecule is Cc1nc(C2CCC2)oc1C(=O)Nc1nc(-c2ccc3c(c2)CCC(=O)N3)cs1. The van der Waals surface area contributed by atoms with Gasteiger partial charge < -0.3 is 9.73 Å². The lowest BCUT2D eigenvalue weighted by atomic mass is 9.85. The number of benzene rings is 1. The lowest BCUT2D eigenvalue weighted by molar-refractivity contribution is -0.116. The maximum atomic E-state index is 12.6. The van der Waals surface area contributed by atoms with E-state index in [9.17, 15) is 9.59 Å². The summed E-state index contributed by atoms with van der Waals surface area (Å²) in [5.41, 5.74) is 4.31. The number of hydrogen-bond acceptors (Lipinski definition) is 6. The lowest BCUT2D eigenvalue weighted by Crippen LogP contribution is -2.18. The molecule has 0 atom stereocenters. The number of rotatable bonds is 4. The van der Waals surface area contributed by atoms with Gasteiger partial charge in [-0.05, 0) is 43.9 Å². The maximum absolute atomic E-state index is 12.6. The number of amides is 2. The minimum atomic E-state index is -0.324. The summed E-state index contributed by atoms with van der Waals surface area (Å²) in [7, 11) is 0. The smallest absolute Gasteiger partial charge is 0.295 e. The monoisotopic (exact) mass is 408 g/mol. The Morgan fingerprint density at radius 1 is 1.28 bits per heavy atom. The van der Waals surface area contributed by atoms with Gasteiger partial charge in [0.25, 0.3) is 5.91 Å². The van der Waals surface area contributed by atoms with Crippen LogP contribution in [0.25, 0.3) is 11.3 Å². The molecule has 1 fully saturated rings. The number of anilines is 2. The van der Waals surface area contributed by atoms with Crippen LogP contribution in [0.1, 0.15) is 59.3 Å². The van der Waals surface area contributed by atoms with E-state index in [0.29, 0.717) is 29.1 Å². The van der Waals surface area contributed by atoms with Gasteiger partial charge in [0.1, 0.15) is 0 Å². The van der Waals surface area contributed by atoms with Gasteiger partial charge in [-0.3, -0.25) is 14.9 Å². The Kier molecular flexibility index (Phi) is 4.43. The Morgan fingerprint density at radius 2 is 2.14 bits per heavy atom.